The summed E-state index contributed by atoms with van der Waals surface area (Å²) in [6.45, 7) is 0. The van der Waals surface area contributed by atoms with E-state index in [1.807, 2.05) is 30.3 Å². The van der Waals surface area contributed by atoms with Crippen LogP contribution in [0.3, 0.4) is 0 Å². The molecular formula is C18H13BrClN3O3S. The van der Waals surface area contributed by atoms with E-state index in [4.69, 9.17) is 11.6 Å². The summed E-state index contributed by atoms with van der Waals surface area (Å²) in [6.07, 6.45) is -0.642. The van der Waals surface area contributed by atoms with Crippen LogP contribution in [0.1, 0.15) is 10.4 Å². The topological polar surface area (TPSA) is 80.3 Å². The lowest BCUT2D eigenvalue weighted by atomic mass is 10.1. The van der Waals surface area contributed by atoms with E-state index in [-0.39, 0.29) is 5.91 Å². The zero-order valence-electron chi connectivity index (χ0n) is 14.0. The van der Waals surface area contributed by atoms with Gasteiger partial charge in [0.05, 0.1) is 17.7 Å². The smallest absolute Gasteiger partial charge is 0.413 e. The highest BCUT2D eigenvalue weighted by atomic mass is 79.9. The first-order valence-electron chi connectivity index (χ1n) is 7.65. The van der Waals surface area contributed by atoms with Gasteiger partial charge >= 0.3 is 6.09 Å². The number of hydrogen-bond donors (Lipinski definition) is 2. The Kier molecular flexibility index (Phi) is 6.10. The summed E-state index contributed by atoms with van der Waals surface area (Å²) in [4.78, 5) is 28.6. The summed E-state index contributed by atoms with van der Waals surface area (Å²) in [5, 5.41) is 6.45. The fourth-order valence-corrected chi connectivity index (χ4v) is 3.66. The molecule has 0 saturated heterocycles. The second-order valence-corrected chi connectivity index (χ2v) is 7.58. The third kappa shape index (κ3) is 4.65. The van der Waals surface area contributed by atoms with Gasteiger partial charge in [-0.15, -0.1) is 0 Å². The number of aromatic nitrogens is 1. The van der Waals surface area contributed by atoms with E-state index >= 15 is 0 Å². The van der Waals surface area contributed by atoms with Crippen LogP contribution < -0.4 is 10.6 Å². The van der Waals surface area contributed by atoms with E-state index in [9.17, 15) is 9.59 Å². The summed E-state index contributed by atoms with van der Waals surface area (Å²) in [7, 11) is 1.26. The molecule has 3 rings (SSSR count). The first-order valence-corrected chi connectivity index (χ1v) is 9.64. The minimum Gasteiger partial charge on any atom is -0.453 e. The van der Waals surface area contributed by atoms with Crippen LogP contribution in [0.5, 0.6) is 0 Å². The molecule has 0 aliphatic rings. The van der Waals surface area contributed by atoms with Crippen molar-refractivity contribution in [2.75, 3.05) is 17.7 Å². The van der Waals surface area contributed by atoms with Crippen LogP contribution in [0.15, 0.2) is 53.0 Å². The Balaban J connectivity index is 1.96. The molecule has 9 heteroatoms. The molecule has 0 bridgehead atoms. The third-order valence-corrected chi connectivity index (χ3v) is 5.18. The maximum Gasteiger partial charge on any atom is 0.413 e. The van der Waals surface area contributed by atoms with Crippen molar-refractivity contribution < 1.29 is 14.3 Å². The van der Waals surface area contributed by atoms with Crippen molar-refractivity contribution in [3.8, 4) is 11.3 Å². The molecule has 6 nitrogen and oxygen atoms in total. The molecule has 27 heavy (non-hydrogen) atoms. The molecule has 0 radical (unpaired) electrons. The maximum absolute atomic E-state index is 12.7. The monoisotopic (exact) mass is 465 g/mol. The van der Waals surface area contributed by atoms with Gasteiger partial charge in [0.25, 0.3) is 5.91 Å². The van der Waals surface area contributed by atoms with Crippen molar-refractivity contribution in [1.29, 1.82) is 0 Å². The van der Waals surface area contributed by atoms with E-state index in [0.29, 0.717) is 26.4 Å². The lowest BCUT2D eigenvalue weighted by molar-refractivity contribution is 0.102. The van der Waals surface area contributed by atoms with Crippen molar-refractivity contribution in [3.63, 3.8) is 0 Å². The van der Waals surface area contributed by atoms with Gasteiger partial charge in [0.1, 0.15) is 10.7 Å². The van der Waals surface area contributed by atoms with Gasteiger partial charge in [-0.05, 0) is 18.2 Å². The number of thiazole rings is 1. The first kappa shape index (κ1) is 19.3. The second kappa shape index (κ2) is 8.51. The van der Waals surface area contributed by atoms with E-state index in [2.05, 4.69) is 36.3 Å². The first-order chi connectivity index (χ1) is 13.0. The number of hydrogen-bond acceptors (Lipinski definition) is 5. The molecule has 2 aromatic carbocycles. The lowest BCUT2D eigenvalue weighted by Crippen LogP contribution is -2.12. The number of methoxy groups -OCH3 is 1. The van der Waals surface area contributed by atoms with Gasteiger partial charge in [-0.25, -0.2) is 9.78 Å². The molecule has 1 aromatic heterocycles. The second-order valence-electron chi connectivity index (χ2n) is 5.26. The average Bonchev–Trinajstić information content (AvgIpc) is 3.06. The van der Waals surface area contributed by atoms with E-state index < -0.39 is 6.09 Å². The van der Waals surface area contributed by atoms with Crippen LogP contribution in [0.4, 0.5) is 14.9 Å². The number of anilines is 2. The van der Waals surface area contributed by atoms with Gasteiger partial charge in [0, 0.05) is 10.0 Å². The predicted molar refractivity (Wildman–Crippen MR) is 111 cm³/mol. The fraction of sp³-hybridized carbons (Fsp3) is 0.0556. The third-order valence-electron chi connectivity index (χ3n) is 3.47. The number of nitrogens with one attached hydrogen (secondary N) is 2. The highest BCUT2D eigenvalue weighted by molar-refractivity contribution is 9.10. The Morgan fingerprint density at radius 2 is 1.89 bits per heavy atom. The van der Waals surface area contributed by atoms with Gasteiger partial charge < -0.3 is 10.1 Å². The minimum atomic E-state index is -0.642. The van der Waals surface area contributed by atoms with Crippen LogP contribution in [0.25, 0.3) is 11.3 Å². The molecular weight excluding hydrogens is 454 g/mol. The Bertz CT molecular complexity index is 995. The zero-order chi connectivity index (χ0) is 19.4. The summed E-state index contributed by atoms with van der Waals surface area (Å²) in [6, 6.07) is 14.3. The van der Waals surface area contributed by atoms with Crippen LogP contribution in [-0.2, 0) is 4.74 Å². The minimum absolute atomic E-state index is 0.302. The molecule has 2 N–H and O–H groups in total. The summed E-state index contributed by atoms with van der Waals surface area (Å²) in [5.41, 5.74) is 1.65. The standard InChI is InChI=1S/C18H13BrClN3O3S/c1-26-18(25)23-17-21-14(10-5-3-2-4-6-10)16(27-17)22-15(24)12-9-11(19)7-8-13(12)20/h2-9H,1H3,(H,22,24)(H,21,23,25). The van der Waals surface area contributed by atoms with Crippen molar-refractivity contribution in [1.82, 2.24) is 4.98 Å². The lowest BCUT2D eigenvalue weighted by Gasteiger charge is -2.07. The van der Waals surface area contributed by atoms with Crippen molar-refractivity contribution in [3.05, 3.63) is 63.6 Å². The molecule has 0 fully saturated rings. The number of carbonyl (C=O) groups is 2. The van der Waals surface area contributed by atoms with Crippen molar-refractivity contribution in [2.24, 2.45) is 0 Å². The van der Waals surface area contributed by atoms with E-state index in [0.717, 1.165) is 21.4 Å². The number of halogens is 2. The quantitative estimate of drug-likeness (QED) is 0.520. The average molecular weight is 467 g/mol. The Hall–Kier alpha value is -2.42. The molecule has 0 unspecified atom stereocenters. The summed E-state index contributed by atoms with van der Waals surface area (Å²) in [5.74, 6) is -0.383. The number of amides is 2. The fourth-order valence-electron chi connectivity index (χ4n) is 2.23. The molecule has 0 saturated carbocycles. The van der Waals surface area contributed by atoms with Crippen molar-refractivity contribution in [2.45, 2.75) is 0 Å². The summed E-state index contributed by atoms with van der Waals surface area (Å²) < 4.78 is 5.33. The normalized spacial score (nSPS) is 10.3. The van der Waals surface area contributed by atoms with Gasteiger partial charge in [-0.3, -0.25) is 10.1 Å². The van der Waals surface area contributed by atoms with Crippen LogP contribution >= 0.6 is 38.9 Å². The summed E-state index contributed by atoms with van der Waals surface area (Å²) >= 11 is 10.6. The number of nitrogens with zero attached hydrogens (tertiary/aromatic N) is 1. The molecule has 3 aromatic rings. The molecule has 2 amide bonds. The number of ether oxygens (including phenoxy) is 1. The van der Waals surface area contributed by atoms with E-state index in [1.54, 1.807) is 18.2 Å². The van der Waals surface area contributed by atoms with Gasteiger partial charge in [-0.2, -0.15) is 0 Å². The molecule has 0 aliphatic carbocycles. The van der Waals surface area contributed by atoms with Crippen LogP contribution in [-0.4, -0.2) is 24.1 Å². The molecule has 0 atom stereocenters. The van der Waals surface area contributed by atoms with E-state index in [1.165, 1.54) is 7.11 Å². The molecule has 138 valence electrons. The maximum atomic E-state index is 12.7. The number of rotatable bonds is 4. The Morgan fingerprint density at radius 3 is 2.59 bits per heavy atom. The zero-order valence-corrected chi connectivity index (χ0v) is 17.1. The molecule has 0 spiro atoms. The molecule has 1 heterocycles. The van der Waals surface area contributed by atoms with Gasteiger partial charge in [-0.1, -0.05) is 69.2 Å². The Morgan fingerprint density at radius 1 is 1.15 bits per heavy atom. The number of benzene rings is 2. The SMILES string of the molecule is COC(=O)Nc1nc(-c2ccccc2)c(NC(=O)c2cc(Br)ccc2Cl)s1. The highest BCUT2D eigenvalue weighted by Gasteiger charge is 2.19. The van der Waals surface area contributed by atoms with Crippen molar-refractivity contribution >= 4 is 61.0 Å². The highest BCUT2D eigenvalue weighted by Crippen LogP contribution is 2.36. The van der Waals surface area contributed by atoms with Gasteiger partial charge in [0.2, 0.25) is 0 Å². The van der Waals surface area contributed by atoms with Crippen LogP contribution in [0, 0.1) is 0 Å². The number of carbonyl (C=O) groups excluding carboxylic acids is 2. The largest absolute Gasteiger partial charge is 0.453 e. The van der Waals surface area contributed by atoms with Crippen LogP contribution in [0.2, 0.25) is 5.02 Å². The van der Waals surface area contributed by atoms with Gasteiger partial charge in [0.15, 0.2) is 5.13 Å². The molecule has 0 aliphatic heterocycles. The Labute approximate surface area is 172 Å². The predicted octanol–water partition coefficient (Wildman–Crippen LogP) is 5.66.